The van der Waals surface area contributed by atoms with E-state index in [-0.39, 0.29) is 6.03 Å². The first kappa shape index (κ1) is 16.5. The third-order valence-corrected chi connectivity index (χ3v) is 4.44. The van der Waals surface area contributed by atoms with Gasteiger partial charge >= 0.3 is 6.03 Å². The maximum absolute atomic E-state index is 12.0. The Kier molecular flexibility index (Phi) is 4.82. The number of urea groups is 1. The van der Waals surface area contributed by atoms with Gasteiger partial charge in [0.05, 0.1) is 5.69 Å². The maximum Gasteiger partial charge on any atom is 0.324 e. The number of likely N-dealkylation sites (N-methyl/N-ethyl adjacent to an activating group) is 1. The highest BCUT2D eigenvalue weighted by Crippen LogP contribution is 2.27. The van der Waals surface area contributed by atoms with Crippen LogP contribution in [-0.4, -0.2) is 36.3 Å². The Morgan fingerprint density at radius 1 is 1.08 bits per heavy atom. The highest BCUT2D eigenvalue weighted by Gasteiger charge is 2.26. The second kappa shape index (κ2) is 7.02. The molecule has 3 rings (SSSR count). The molecule has 0 saturated carbocycles. The first-order chi connectivity index (χ1) is 11.5. The highest BCUT2D eigenvalue weighted by atomic mass is 32.2. The number of hydrogen-bond acceptors (Lipinski definition) is 5. The van der Waals surface area contributed by atoms with Gasteiger partial charge in [-0.15, -0.1) is 0 Å². The molecule has 0 spiro atoms. The van der Waals surface area contributed by atoms with Gasteiger partial charge in [0.2, 0.25) is 12.2 Å². The van der Waals surface area contributed by atoms with Crippen LogP contribution in [0, 0.1) is 6.92 Å². The lowest BCUT2D eigenvalue weighted by molar-refractivity contribution is 0.229. The normalized spacial score (nSPS) is 14.2. The number of anilines is 2. The van der Waals surface area contributed by atoms with E-state index >= 15 is 0 Å². The van der Waals surface area contributed by atoms with Crippen LogP contribution < -0.4 is 13.6 Å². The van der Waals surface area contributed by atoms with Crippen LogP contribution in [-0.2, 0) is 0 Å². The Bertz CT molecular complexity index is 706. The minimum Gasteiger partial charge on any atom is -0.404 e. The van der Waals surface area contributed by atoms with Crippen molar-refractivity contribution in [2.45, 2.75) is 6.92 Å². The van der Waals surface area contributed by atoms with Gasteiger partial charge in [-0.05, 0) is 43.3 Å². The first-order valence-corrected chi connectivity index (χ1v) is 8.27. The van der Waals surface area contributed by atoms with Crippen molar-refractivity contribution >= 4 is 29.6 Å². The van der Waals surface area contributed by atoms with Crippen LogP contribution in [0.3, 0.4) is 0 Å². The van der Waals surface area contributed by atoms with E-state index in [4.69, 9.17) is 4.18 Å². The SMILES string of the molecule is Cc1ccc(OSN(O)c2ccc(N3CCN(C)C3=O)cc2)cc1. The minimum atomic E-state index is -0.0133. The molecule has 1 heterocycles. The largest absolute Gasteiger partial charge is 0.404 e. The number of aryl methyl sites for hydroxylation is 1. The number of nitrogens with zero attached hydrogens (tertiary/aromatic N) is 3. The molecule has 0 unspecified atom stereocenters. The predicted molar refractivity (Wildman–Crippen MR) is 95.5 cm³/mol. The van der Waals surface area contributed by atoms with Crippen molar-refractivity contribution in [3.8, 4) is 5.75 Å². The molecular formula is C17H19N3O3S. The number of rotatable bonds is 5. The molecule has 1 aliphatic heterocycles. The van der Waals surface area contributed by atoms with Gasteiger partial charge in [-0.1, -0.05) is 17.7 Å². The molecule has 1 saturated heterocycles. The topological polar surface area (TPSA) is 56.3 Å². The zero-order valence-corrected chi connectivity index (χ0v) is 14.4. The van der Waals surface area contributed by atoms with Gasteiger partial charge < -0.3 is 9.08 Å². The average molecular weight is 345 g/mol. The maximum atomic E-state index is 12.0. The summed E-state index contributed by atoms with van der Waals surface area (Å²) in [4.78, 5) is 15.4. The second-order valence-electron chi connectivity index (χ2n) is 5.62. The van der Waals surface area contributed by atoms with E-state index in [1.165, 1.54) is 0 Å². The molecule has 2 aromatic carbocycles. The zero-order chi connectivity index (χ0) is 17.1. The van der Waals surface area contributed by atoms with Gasteiger partial charge in [0.1, 0.15) is 5.75 Å². The molecule has 6 nitrogen and oxygen atoms in total. The van der Waals surface area contributed by atoms with Gasteiger partial charge in [0.25, 0.3) is 0 Å². The van der Waals surface area contributed by atoms with Crippen molar-refractivity contribution in [2.24, 2.45) is 0 Å². The fourth-order valence-electron chi connectivity index (χ4n) is 2.36. The van der Waals surface area contributed by atoms with Crippen LogP contribution >= 0.6 is 12.2 Å². The molecule has 0 atom stereocenters. The van der Waals surface area contributed by atoms with Gasteiger partial charge in [-0.2, -0.15) is 4.47 Å². The molecule has 2 amide bonds. The lowest BCUT2D eigenvalue weighted by atomic mass is 10.2. The van der Waals surface area contributed by atoms with E-state index in [0.717, 1.165) is 27.9 Å². The summed E-state index contributed by atoms with van der Waals surface area (Å²) in [5.41, 5.74) is 2.52. The molecule has 7 heteroatoms. The molecular weight excluding hydrogens is 326 g/mol. The summed E-state index contributed by atoms with van der Waals surface area (Å²) in [6, 6.07) is 14.7. The highest BCUT2D eigenvalue weighted by molar-refractivity contribution is 7.96. The number of benzene rings is 2. The molecule has 1 aliphatic rings. The summed E-state index contributed by atoms with van der Waals surface area (Å²) in [6.07, 6.45) is 0. The smallest absolute Gasteiger partial charge is 0.324 e. The molecule has 1 N–H and O–H groups in total. The fraction of sp³-hybridized carbons (Fsp3) is 0.235. The quantitative estimate of drug-likeness (QED) is 0.509. The molecule has 1 fully saturated rings. The lowest BCUT2D eigenvalue weighted by Gasteiger charge is -2.18. The molecule has 0 aromatic heterocycles. The van der Waals surface area contributed by atoms with Crippen LogP contribution in [0.4, 0.5) is 16.2 Å². The summed E-state index contributed by atoms with van der Waals surface area (Å²) >= 11 is 0.828. The first-order valence-electron chi connectivity index (χ1n) is 7.57. The Morgan fingerprint density at radius 2 is 1.75 bits per heavy atom. The van der Waals surface area contributed by atoms with Gasteiger partial charge in [0, 0.05) is 25.8 Å². The summed E-state index contributed by atoms with van der Waals surface area (Å²) < 4.78 is 6.41. The van der Waals surface area contributed by atoms with E-state index in [0.29, 0.717) is 24.5 Å². The van der Waals surface area contributed by atoms with Crippen LogP contribution in [0.2, 0.25) is 0 Å². The van der Waals surface area contributed by atoms with Crippen LogP contribution in [0.5, 0.6) is 5.75 Å². The minimum absolute atomic E-state index is 0.0133. The molecule has 0 bridgehead atoms. The van der Waals surface area contributed by atoms with Crippen LogP contribution in [0.15, 0.2) is 48.5 Å². The van der Waals surface area contributed by atoms with Gasteiger partial charge in [-0.25, -0.2) is 4.79 Å². The van der Waals surface area contributed by atoms with Gasteiger partial charge in [-0.3, -0.25) is 10.1 Å². The fourth-order valence-corrected chi connectivity index (χ4v) is 2.84. The Hall–Kier alpha value is -2.38. The Morgan fingerprint density at radius 3 is 2.33 bits per heavy atom. The number of hydrogen-bond donors (Lipinski definition) is 1. The summed E-state index contributed by atoms with van der Waals surface area (Å²) in [5.74, 6) is 0.659. The Balaban J connectivity index is 1.60. The van der Waals surface area contributed by atoms with E-state index in [9.17, 15) is 10.0 Å². The number of carbonyl (C=O) groups is 1. The van der Waals surface area contributed by atoms with Gasteiger partial charge in [0.15, 0.2) is 0 Å². The molecule has 0 aliphatic carbocycles. The molecule has 24 heavy (non-hydrogen) atoms. The summed E-state index contributed by atoms with van der Waals surface area (Å²) in [6.45, 7) is 3.38. The van der Waals surface area contributed by atoms with E-state index in [1.54, 1.807) is 29.0 Å². The summed E-state index contributed by atoms with van der Waals surface area (Å²) in [5, 5.41) is 10.1. The lowest BCUT2D eigenvalue weighted by Crippen LogP contribution is -2.29. The number of amides is 2. The monoisotopic (exact) mass is 345 g/mol. The van der Waals surface area contributed by atoms with E-state index in [2.05, 4.69) is 0 Å². The second-order valence-corrected chi connectivity index (χ2v) is 6.28. The third kappa shape index (κ3) is 3.58. The van der Waals surface area contributed by atoms with Crippen molar-refractivity contribution in [2.75, 3.05) is 29.5 Å². The zero-order valence-electron chi connectivity index (χ0n) is 13.5. The third-order valence-electron chi connectivity index (χ3n) is 3.82. The molecule has 0 radical (unpaired) electrons. The van der Waals surface area contributed by atoms with Crippen molar-refractivity contribution in [1.29, 1.82) is 0 Å². The van der Waals surface area contributed by atoms with Crippen molar-refractivity contribution < 1.29 is 14.2 Å². The molecule has 126 valence electrons. The van der Waals surface area contributed by atoms with Crippen molar-refractivity contribution in [1.82, 2.24) is 4.90 Å². The van der Waals surface area contributed by atoms with E-state index in [1.807, 2.05) is 43.3 Å². The van der Waals surface area contributed by atoms with E-state index < -0.39 is 0 Å². The number of carbonyl (C=O) groups excluding carboxylic acids is 1. The van der Waals surface area contributed by atoms with Crippen LogP contribution in [0.1, 0.15) is 5.56 Å². The predicted octanol–water partition coefficient (Wildman–Crippen LogP) is 3.70. The summed E-state index contributed by atoms with van der Waals surface area (Å²) in [7, 11) is 1.78. The molecule has 2 aromatic rings. The standard InChI is InChI=1S/C17H19N3O3S/c1-13-3-9-16(10-4-13)23-24-20(22)15-7-5-14(6-8-15)19-12-11-18(2)17(19)21/h3-10,22H,11-12H2,1-2H3. The van der Waals surface area contributed by atoms with Crippen molar-refractivity contribution in [3.63, 3.8) is 0 Å². The van der Waals surface area contributed by atoms with Crippen LogP contribution in [0.25, 0.3) is 0 Å². The Labute approximate surface area is 145 Å². The van der Waals surface area contributed by atoms with Crippen molar-refractivity contribution in [3.05, 3.63) is 54.1 Å². The average Bonchev–Trinajstić information content (AvgIpc) is 2.93.